The summed E-state index contributed by atoms with van der Waals surface area (Å²) in [5.41, 5.74) is -2.13. The van der Waals surface area contributed by atoms with E-state index in [1.807, 2.05) is 27.7 Å². The van der Waals surface area contributed by atoms with Crippen LogP contribution in [0.5, 0.6) is 0 Å². The van der Waals surface area contributed by atoms with Crippen LogP contribution in [0.25, 0.3) is 0 Å². The van der Waals surface area contributed by atoms with Gasteiger partial charge in [0.05, 0.1) is 0 Å². The first-order valence-electron chi connectivity index (χ1n) is 10.7. The average molecular weight is 429 g/mol. The molecule has 0 spiro atoms. The molecule has 0 bridgehead atoms. The molecule has 0 aliphatic heterocycles. The van der Waals surface area contributed by atoms with Crippen molar-refractivity contribution < 1.29 is 29.0 Å². The van der Waals surface area contributed by atoms with Gasteiger partial charge in [-0.25, -0.2) is 14.4 Å². The zero-order chi connectivity index (χ0) is 23.5. The molecular formula is C22H40N2O6. The lowest BCUT2D eigenvalue weighted by Crippen LogP contribution is -2.46. The van der Waals surface area contributed by atoms with E-state index < -0.39 is 28.8 Å². The summed E-state index contributed by atoms with van der Waals surface area (Å²) in [6.07, 6.45) is 2.46. The maximum absolute atomic E-state index is 11.5. The summed E-state index contributed by atoms with van der Waals surface area (Å²) in [7, 11) is 0. The van der Waals surface area contributed by atoms with Gasteiger partial charge in [0.15, 0.2) is 0 Å². The Morgan fingerprint density at radius 2 is 1.30 bits per heavy atom. The Morgan fingerprint density at radius 1 is 0.867 bits per heavy atom. The predicted octanol–water partition coefficient (Wildman–Crippen LogP) is 4.46. The smallest absolute Gasteiger partial charge is 0.408 e. The van der Waals surface area contributed by atoms with E-state index in [2.05, 4.69) is 24.5 Å². The molecule has 4 unspecified atom stereocenters. The molecule has 2 saturated carbocycles. The molecule has 174 valence electrons. The second kappa shape index (κ2) is 9.02. The highest BCUT2D eigenvalue weighted by Crippen LogP contribution is 2.46. The predicted molar refractivity (Wildman–Crippen MR) is 114 cm³/mol. The molecule has 0 aromatic rings. The molecule has 0 radical (unpaired) electrons. The number of carbonyl (C=O) groups is 3. The quantitative estimate of drug-likeness (QED) is 0.595. The number of hydrogen-bond acceptors (Lipinski definition) is 5. The van der Waals surface area contributed by atoms with Crippen molar-refractivity contribution >= 4 is 18.2 Å². The third kappa shape index (κ3) is 7.69. The fourth-order valence-corrected chi connectivity index (χ4v) is 3.51. The minimum Gasteiger partial charge on any atom is -0.479 e. The fourth-order valence-electron chi connectivity index (χ4n) is 3.51. The Balaban J connectivity index is 0.000000303. The first kappa shape index (κ1) is 26.0. The van der Waals surface area contributed by atoms with E-state index in [9.17, 15) is 14.4 Å². The molecule has 2 aliphatic carbocycles. The third-order valence-electron chi connectivity index (χ3n) is 5.39. The molecule has 8 heteroatoms. The number of hydrogen-bond donors (Lipinski definition) is 3. The lowest BCUT2D eigenvalue weighted by atomic mass is 10.1. The summed E-state index contributed by atoms with van der Waals surface area (Å²) >= 11 is 0. The largest absolute Gasteiger partial charge is 0.479 e. The lowest BCUT2D eigenvalue weighted by Gasteiger charge is -2.22. The van der Waals surface area contributed by atoms with Crippen molar-refractivity contribution in [2.75, 3.05) is 0 Å². The summed E-state index contributed by atoms with van der Waals surface area (Å²) in [6, 6.07) is 0. The van der Waals surface area contributed by atoms with Gasteiger partial charge in [0.25, 0.3) is 0 Å². The van der Waals surface area contributed by atoms with Crippen LogP contribution in [-0.4, -0.2) is 45.5 Å². The maximum atomic E-state index is 11.5. The van der Waals surface area contributed by atoms with Crippen molar-refractivity contribution in [3.8, 4) is 0 Å². The van der Waals surface area contributed by atoms with Gasteiger partial charge < -0.3 is 25.2 Å². The number of nitrogens with one attached hydrogen (secondary N) is 2. The maximum Gasteiger partial charge on any atom is 0.408 e. The van der Waals surface area contributed by atoms with E-state index in [1.54, 1.807) is 20.8 Å². The number of alkyl carbamates (subject to hydrolysis) is 2. The first-order chi connectivity index (χ1) is 13.5. The van der Waals surface area contributed by atoms with E-state index in [-0.39, 0.29) is 17.6 Å². The van der Waals surface area contributed by atoms with Crippen LogP contribution < -0.4 is 10.6 Å². The zero-order valence-electron chi connectivity index (χ0n) is 20.0. The highest BCUT2D eigenvalue weighted by Gasteiger charge is 2.61. The van der Waals surface area contributed by atoms with Crippen LogP contribution in [0.15, 0.2) is 0 Å². The van der Waals surface area contributed by atoms with Crippen molar-refractivity contribution in [2.24, 2.45) is 11.8 Å². The number of aliphatic carboxylic acids is 1. The number of carbonyl (C=O) groups excluding carboxylic acids is 2. The number of carboxylic acid groups (broad SMARTS) is 1. The van der Waals surface area contributed by atoms with E-state index in [1.165, 1.54) is 0 Å². The van der Waals surface area contributed by atoms with Crippen molar-refractivity contribution in [1.82, 2.24) is 10.6 Å². The number of amides is 2. The zero-order valence-corrected chi connectivity index (χ0v) is 20.0. The highest BCUT2D eigenvalue weighted by molar-refractivity contribution is 5.88. The molecule has 2 amide bonds. The second-order valence-electron chi connectivity index (χ2n) is 10.6. The Labute approximate surface area is 180 Å². The van der Waals surface area contributed by atoms with Gasteiger partial charge in [-0.1, -0.05) is 26.7 Å². The Morgan fingerprint density at radius 3 is 1.60 bits per heavy atom. The summed E-state index contributed by atoms with van der Waals surface area (Å²) in [4.78, 5) is 34.0. The van der Waals surface area contributed by atoms with Crippen molar-refractivity contribution in [1.29, 1.82) is 0 Å². The molecule has 0 heterocycles. The molecule has 2 aliphatic rings. The summed E-state index contributed by atoms with van der Waals surface area (Å²) < 4.78 is 10.2. The monoisotopic (exact) mass is 428 g/mol. The van der Waals surface area contributed by atoms with E-state index in [4.69, 9.17) is 14.6 Å². The molecule has 0 aromatic heterocycles. The van der Waals surface area contributed by atoms with Crippen LogP contribution >= 0.6 is 0 Å². The third-order valence-corrected chi connectivity index (χ3v) is 5.39. The molecule has 0 aromatic carbocycles. The van der Waals surface area contributed by atoms with Crippen molar-refractivity contribution in [2.45, 2.75) is 110 Å². The average Bonchev–Trinajstić information content (AvgIpc) is 3.39. The standard InChI is InChI=1S/C11H19NO4.C11H21NO2/c1-5-7-6-11(7,8(13)14)12-9(15)16-10(2,3)4;1-6-8-7-11(8,5)12-9(13)14-10(2,3)4/h7H,5-6H2,1-4H3,(H,12,15)(H,13,14);8H,6-7H2,1-5H3,(H,12,13). The minimum absolute atomic E-state index is 0.0116. The normalized spacial score (nSPS) is 29.6. The molecular weight excluding hydrogens is 388 g/mol. The van der Waals surface area contributed by atoms with Gasteiger partial charge in [0.1, 0.15) is 16.7 Å². The molecule has 2 fully saturated rings. The van der Waals surface area contributed by atoms with Gasteiger partial charge >= 0.3 is 18.2 Å². The SMILES string of the molecule is CCC1CC1(C)NC(=O)OC(C)(C)C.CCC1CC1(NC(=O)OC(C)(C)C)C(=O)O. The molecule has 0 saturated heterocycles. The van der Waals surface area contributed by atoms with Crippen LogP contribution in [0, 0.1) is 11.8 Å². The van der Waals surface area contributed by atoms with Crippen LogP contribution in [0.3, 0.4) is 0 Å². The molecule has 3 N–H and O–H groups in total. The molecule has 8 nitrogen and oxygen atoms in total. The van der Waals surface area contributed by atoms with Crippen LogP contribution in [0.4, 0.5) is 9.59 Å². The van der Waals surface area contributed by atoms with Gasteiger partial charge in [-0.3, -0.25) is 0 Å². The van der Waals surface area contributed by atoms with Gasteiger partial charge in [0.2, 0.25) is 0 Å². The molecule has 2 rings (SSSR count). The van der Waals surface area contributed by atoms with Crippen LogP contribution in [0.2, 0.25) is 0 Å². The van der Waals surface area contributed by atoms with E-state index in [0.717, 1.165) is 19.3 Å². The van der Waals surface area contributed by atoms with Gasteiger partial charge in [-0.05, 0) is 73.1 Å². The molecule has 4 atom stereocenters. The highest BCUT2D eigenvalue weighted by atomic mass is 16.6. The molecule has 30 heavy (non-hydrogen) atoms. The number of ether oxygens (including phenoxy) is 2. The topological polar surface area (TPSA) is 114 Å². The van der Waals surface area contributed by atoms with Crippen LogP contribution in [-0.2, 0) is 14.3 Å². The van der Waals surface area contributed by atoms with E-state index >= 15 is 0 Å². The second-order valence-corrected chi connectivity index (χ2v) is 10.6. The number of rotatable bonds is 5. The Hall–Kier alpha value is -1.99. The Kier molecular flexibility index (Phi) is 7.83. The minimum atomic E-state index is -1.10. The van der Waals surface area contributed by atoms with Gasteiger partial charge in [0, 0.05) is 5.54 Å². The number of carboxylic acids is 1. The Bertz CT molecular complexity index is 651. The summed E-state index contributed by atoms with van der Waals surface area (Å²) in [6.45, 7) is 17.0. The van der Waals surface area contributed by atoms with Gasteiger partial charge in [-0.15, -0.1) is 0 Å². The lowest BCUT2D eigenvalue weighted by molar-refractivity contribution is -0.141. The first-order valence-corrected chi connectivity index (χ1v) is 10.7. The fraction of sp³-hybridized carbons (Fsp3) is 0.864. The van der Waals surface area contributed by atoms with Gasteiger partial charge in [-0.2, -0.15) is 0 Å². The summed E-state index contributed by atoms with van der Waals surface area (Å²) in [5.74, 6) is -0.349. The van der Waals surface area contributed by atoms with Crippen molar-refractivity contribution in [3.05, 3.63) is 0 Å². The van der Waals surface area contributed by atoms with E-state index in [0.29, 0.717) is 12.3 Å². The van der Waals surface area contributed by atoms with Crippen molar-refractivity contribution in [3.63, 3.8) is 0 Å². The summed E-state index contributed by atoms with van der Waals surface area (Å²) in [5, 5.41) is 14.5. The van der Waals surface area contributed by atoms with Crippen LogP contribution in [0.1, 0.15) is 88.0 Å².